The lowest BCUT2D eigenvalue weighted by Gasteiger charge is -2.24. The highest BCUT2D eigenvalue weighted by atomic mass is 32.2. The van der Waals surface area contributed by atoms with Crippen LogP contribution < -0.4 is 14.5 Å². The second-order valence-electron chi connectivity index (χ2n) is 6.22. The van der Waals surface area contributed by atoms with Crippen LogP contribution >= 0.6 is 0 Å². The number of hydrogen-bond donors (Lipinski definition) is 1. The van der Waals surface area contributed by atoms with Crippen molar-refractivity contribution < 1.29 is 8.42 Å². The molecule has 25 heavy (non-hydrogen) atoms. The van der Waals surface area contributed by atoms with Gasteiger partial charge in [0, 0.05) is 38.1 Å². The predicted molar refractivity (Wildman–Crippen MR) is 101 cm³/mol. The lowest BCUT2D eigenvalue weighted by molar-refractivity contribution is 0.588. The molecule has 0 unspecified atom stereocenters. The van der Waals surface area contributed by atoms with E-state index < -0.39 is 10.0 Å². The fourth-order valence-corrected chi connectivity index (χ4v) is 3.67. The van der Waals surface area contributed by atoms with Gasteiger partial charge in [-0.2, -0.15) is 0 Å². The first-order valence-corrected chi connectivity index (χ1v) is 9.94. The predicted octanol–water partition coefficient (Wildman–Crippen LogP) is 2.01. The number of benzene rings is 1. The lowest BCUT2D eigenvalue weighted by Crippen LogP contribution is -2.31. The van der Waals surface area contributed by atoms with Crippen LogP contribution in [-0.4, -0.2) is 46.6 Å². The van der Waals surface area contributed by atoms with Crippen LogP contribution in [0, 0.1) is 6.92 Å². The van der Waals surface area contributed by atoms with E-state index >= 15 is 0 Å². The van der Waals surface area contributed by atoms with Crippen molar-refractivity contribution in [2.24, 2.45) is 0 Å². The van der Waals surface area contributed by atoms with E-state index in [1.807, 2.05) is 0 Å². The van der Waals surface area contributed by atoms with E-state index in [1.165, 1.54) is 24.5 Å². The first-order valence-electron chi connectivity index (χ1n) is 8.46. The largest absolute Gasteiger partial charge is 0.370 e. The number of nitrogens with one attached hydrogen (secondary N) is 1. The van der Waals surface area contributed by atoms with Crippen molar-refractivity contribution in [2.75, 3.05) is 43.0 Å². The third-order valence-electron chi connectivity index (χ3n) is 4.52. The van der Waals surface area contributed by atoms with Crippen molar-refractivity contribution in [2.45, 2.75) is 18.2 Å². The van der Waals surface area contributed by atoms with Crippen molar-refractivity contribution in [1.82, 2.24) is 9.71 Å². The molecule has 1 aliphatic rings. The maximum Gasteiger partial charge on any atom is 0.241 e. The molecule has 134 valence electrons. The minimum absolute atomic E-state index is 0.190. The molecular formula is C18H24N4O2S. The Kier molecular flexibility index (Phi) is 5.24. The molecule has 0 amide bonds. The van der Waals surface area contributed by atoms with Crippen LogP contribution in [0.4, 0.5) is 11.5 Å². The second-order valence-corrected chi connectivity index (χ2v) is 8.11. The molecule has 1 aliphatic heterocycles. The van der Waals surface area contributed by atoms with Gasteiger partial charge in [-0.25, -0.2) is 18.1 Å². The molecular weight excluding hydrogens is 336 g/mol. The van der Waals surface area contributed by atoms with E-state index in [0.29, 0.717) is 0 Å². The molecule has 1 aromatic carbocycles. The van der Waals surface area contributed by atoms with Crippen LogP contribution in [0.5, 0.6) is 0 Å². The summed E-state index contributed by atoms with van der Waals surface area (Å²) in [5.74, 6) is 0.820. The van der Waals surface area contributed by atoms with Crippen molar-refractivity contribution in [3.63, 3.8) is 0 Å². The van der Waals surface area contributed by atoms with Crippen molar-refractivity contribution in [1.29, 1.82) is 0 Å². The topological polar surface area (TPSA) is 65.5 Å². The Morgan fingerprint density at radius 1 is 0.960 bits per heavy atom. The Morgan fingerprint density at radius 3 is 2.28 bits per heavy atom. The molecule has 1 fully saturated rings. The molecule has 2 aromatic rings. The number of pyridine rings is 1. The quantitative estimate of drug-likeness (QED) is 0.904. The number of anilines is 2. The van der Waals surface area contributed by atoms with E-state index in [4.69, 9.17) is 0 Å². The van der Waals surface area contributed by atoms with Crippen LogP contribution in [-0.2, 0) is 10.0 Å². The Balaban J connectivity index is 1.69. The Bertz CT molecular complexity index is 804. The molecule has 0 aliphatic carbocycles. The van der Waals surface area contributed by atoms with Gasteiger partial charge >= 0.3 is 0 Å². The zero-order valence-corrected chi connectivity index (χ0v) is 15.5. The summed E-state index contributed by atoms with van der Waals surface area (Å²) in [6.45, 7) is 5.79. The minimum Gasteiger partial charge on any atom is -0.370 e. The van der Waals surface area contributed by atoms with Crippen molar-refractivity contribution in [3.05, 3.63) is 48.2 Å². The Morgan fingerprint density at radius 2 is 1.64 bits per heavy atom. The minimum atomic E-state index is -3.44. The van der Waals surface area contributed by atoms with E-state index in [1.54, 1.807) is 12.1 Å². The zero-order valence-electron chi connectivity index (χ0n) is 14.6. The standard InChI is InChI=1S/C18H24N4O2S/c1-15-4-6-16(7-5-15)21-10-3-11-22(13-12-21)18-9-8-17(14-20-18)25(23,24)19-2/h4-9,14,19H,3,10-13H2,1-2H3. The molecule has 1 saturated heterocycles. The molecule has 7 heteroatoms. The van der Waals surface area contributed by atoms with Gasteiger partial charge in [-0.3, -0.25) is 0 Å². The Labute approximate surface area is 149 Å². The average Bonchev–Trinajstić information content (AvgIpc) is 2.89. The lowest BCUT2D eigenvalue weighted by atomic mass is 10.2. The van der Waals surface area contributed by atoms with Crippen LogP contribution in [0.15, 0.2) is 47.5 Å². The number of sulfonamides is 1. The summed E-state index contributed by atoms with van der Waals surface area (Å²) in [5.41, 5.74) is 2.51. The number of aryl methyl sites for hydroxylation is 1. The zero-order chi connectivity index (χ0) is 17.9. The van der Waals surface area contributed by atoms with Gasteiger partial charge in [0.2, 0.25) is 10.0 Å². The monoisotopic (exact) mass is 360 g/mol. The van der Waals surface area contributed by atoms with E-state index in [2.05, 4.69) is 50.7 Å². The van der Waals surface area contributed by atoms with E-state index in [-0.39, 0.29) is 4.90 Å². The summed E-state index contributed by atoms with van der Waals surface area (Å²) in [5, 5.41) is 0. The summed E-state index contributed by atoms with van der Waals surface area (Å²) in [6.07, 6.45) is 2.45. The smallest absolute Gasteiger partial charge is 0.241 e. The van der Waals surface area contributed by atoms with Crippen LogP contribution in [0.25, 0.3) is 0 Å². The highest BCUT2D eigenvalue weighted by Crippen LogP contribution is 2.20. The van der Waals surface area contributed by atoms with Crippen LogP contribution in [0.2, 0.25) is 0 Å². The summed E-state index contributed by atoms with van der Waals surface area (Å²) in [4.78, 5) is 9.15. The first kappa shape index (κ1) is 17.7. The fraction of sp³-hybridized carbons (Fsp3) is 0.389. The molecule has 6 nitrogen and oxygen atoms in total. The van der Waals surface area contributed by atoms with Crippen LogP contribution in [0.3, 0.4) is 0 Å². The van der Waals surface area contributed by atoms with Gasteiger partial charge in [0.25, 0.3) is 0 Å². The number of rotatable bonds is 4. The van der Waals surface area contributed by atoms with Gasteiger partial charge in [0.1, 0.15) is 10.7 Å². The molecule has 1 N–H and O–H groups in total. The highest BCUT2D eigenvalue weighted by Gasteiger charge is 2.18. The van der Waals surface area contributed by atoms with Gasteiger partial charge in [-0.1, -0.05) is 17.7 Å². The fourth-order valence-electron chi connectivity index (χ4n) is 3.00. The molecule has 0 spiro atoms. The molecule has 0 radical (unpaired) electrons. The van der Waals surface area contributed by atoms with Gasteiger partial charge in [-0.05, 0) is 44.7 Å². The van der Waals surface area contributed by atoms with Crippen molar-refractivity contribution in [3.8, 4) is 0 Å². The SMILES string of the molecule is CNS(=O)(=O)c1ccc(N2CCCN(c3ccc(C)cc3)CC2)nc1. The maximum atomic E-state index is 11.8. The molecule has 0 bridgehead atoms. The summed E-state index contributed by atoms with van der Waals surface area (Å²) >= 11 is 0. The average molecular weight is 360 g/mol. The Hall–Kier alpha value is -2.12. The summed E-state index contributed by atoms with van der Waals surface area (Å²) < 4.78 is 25.9. The summed E-state index contributed by atoms with van der Waals surface area (Å²) in [7, 11) is -2.04. The normalized spacial score (nSPS) is 15.9. The number of aromatic nitrogens is 1. The molecule has 2 heterocycles. The highest BCUT2D eigenvalue weighted by molar-refractivity contribution is 7.89. The molecule has 1 aromatic heterocycles. The first-order chi connectivity index (χ1) is 12.0. The van der Waals surface area contributed by atoms with Crippen molar-refractivity contribution >= 4 is 21.5 Å². The molecule has 0 saturated carbocycles. The van der Waals surface area contributed by atoms with Crippen LogP contribution in [0.1, 0.15) is 12.0 Å². The third-order valence-corrected chi connectivity index (χ3v) is 5.92. The van der Waals surface area contributed by atoms with E-state index in [9.17, 15) is 8.42 Å². The van der Waals surface area contributed by atoms with Gasteiger partial charge < -0.3 is 9.80 Å². The van der Waals surface area contributed by atoms with Gasteiger partial charge in [0.15, 0.2) is 0 Å². The van der Waals surface area contributed by atoms with E-state index in [0.717, 1.165) is 38.4 Å². The second kappa shape index (κ2) is 7.41. The number of nitrogens with zero attached hydrogens (tertiary/aromatic N) is 3. The summed E-state index contributed by atoms with van der Waals surface area (Å²) in [6, 6.07) is 12.0. The third kappa shape index (κ3) is 4.11. The van der Waals surface area contributed by atoms with Gasteiger partial charge in [0.05, 0.1) is 0 Å². The van der Waals surface area contributed by atoms with Gasteiger partial charge in [-0.15, -0.1) is 0 Å². The molecule has 0 atom stereocenters. The number of hydrogen-bond acceptors (Lipinski definition) is 5. The molecule has 3 rings (SSSR count). The maximum absolute atomic E-state index is 11.8.